The quantitative estimate of drug-likeness (QED) is 0.859. The van der Waals surface area contributed by atoms with Gasteiger partial charge in [0.2, 0.25) is 0 Å². The van der Waals surface area contributed by atoms with E-state index >= 15 is 0 Å². The zero-order valence-corrected chi connectivity index (χ0v) is 11.7. The van der Waals surface area contributed by atoms with Crippen LogP contribution < -0.4 is 10.1 Å². The third kappa shape index (κ3) is 3.71. The van der Waals surface area contributed by atoms with Crippen molar-refractivity contribution in [1.29, 1.82) is 0 Å². The molecule has 0 fully saturated rings. The second-order valence-electron chi connectivity index (χ2n) is 4.14. The van der Waals surface area contributed by atoms with Crippen LogP contribution in [-0.4, -0.2) is 18.2 Å². The van der Waals surface area contributed by atoms with Gasteiger partial charge in [-0.2, -0.15) is 0 Å². The minimum absolute atomic E-state index is 0.0367. The standard InChI is InChI=1S/C14H14FNO3S/c1-19-13-6-9(2-5-12(13)15)16-8-11-4-3-10(20-11)7-14(17)18/h2-6,16H,7-8H2,1H3,(H,17,18). The average molecular weight is 295 g/mol. The maximum Gasteiger partial charge on any atom is 0.308 e. The molecule has 0 atom stereocenters. The van der Waals surface area contributed by atoms with Crippen molar-refractivity contribution in [3.8, 4) is 5.75 Å². The number of nitrogens with one attached hydrogen (secondary N) is 1. The predicted molar refractivity (Wildman–Crippen MR) is 75.9 cm³/mol. The molecule has 1 heterocycles. The van der Waals surface area contributed by atoms with Crippen molar-refractivity contribution in [1.82, 2.24) is 0 Å². The van der Waals surface area contributed by atoms with Crippen molar-refractivity contribution in [2.75, 3.05) is 12.4 Å². The minimum Gasteiger partial charge on any atom is -0.494 e. The van der Waals surface area contributed by atoms with Gasteiger partial charge in [0.1, 0.15) is 0 Å². The monoisotopic (exact) mass is 295 g/mol. The molecule has 0 saturated heterocycles. The molecule has 1 aromatic heterocycles. The molecule has 6 heteroatoms. The highest BCUT2D eigenvalue weighted by molar-refractivity contribution is 7.12. The molecule has 2 aromatic rings. The van der Waals surface area contributed by atoms with Crippen molar-refractivity contribution in [2.45, 2.75) is 13.0 Å². The predicted octanol–water partition coefficient (Wildman–Crippen LogP) is 3.14. The summed E-state index contributed by atoms with van der Waals surface area (Å²) in [6.45, 7) is 0.555. The summed E-state index contributed by atoms with van der Waals surface area (Å²) < 4.78 is 18.2. The fourth-order valence-electron chi connectivity index (χ4n) is 1.72. The molecule has 1 aromatic carbocycles. The topological polar surface area (TPSA) is 58.6 Å². The molecule has 0 unspecified atom stereocenters. The normalized spacial score (nSPS) is 10.3. The molecule has 4 nitrogen and oxygen atoms in total. The lowest BCUT2D eigenvalue weighted by molar-refractivity contribution is -0.136. The van der Waals surface area contributed by atoms with Gasteiger partial charge in [-0.1, -0.05) is 0 Å². The molecule has 2 rings (SSSR count). The van der Waals surface area contributed by atoms with E-state index in [0.717, 1.165) is 15.4 Å². The van der Waals surface area contributed by atoms with Gasteiger partial charge >= 0.3 is 5.97 Å². The highest BCUT2D eigenvalue weighted by Gasteiger charge is 2.06. The van der Waals surface area contributed by atoms with Crippen molar-refractivity contribution >= 4 is 23.0 Å². The van der Waals surface area contributed by atoms with Crippen LogP contribution in [0.4, 0.5) is 10.1 Å². The van der Waals surface area contributed by atoms with Crippen molar-refractivity contribution in [3.63, 3.8) is 0 Å². The number of aliphatic carboxylic acids is 1. The maximum absolute atomic E-state index is 13.3. The number of methoxy groups -OCH3 is 1. The van der Waals surface area contributed by atoms with Crippen molar-refractivity contribution < 1.29 is 19.0 Å². The van der Waals surface area contributed by atoms with Crippen LogP contribution in [0.2, 0.25) is 0 Å². The Bertz CT molecular complexity index is 612. The van der Waals surface area contributed by atoms with Crippen LogP contribution in [0.15, 0.2) is 30.3 Å². The molecule has 0 spiro atoms. The SMILES string of the molecule is COc1cc(NCc2ccc(CC(=O)O)s2)ccc1F. The second kappa shape index (κ2) is 6.38. The number of rotatable bonds is 6. The molecule has 2 N–H and O–H groups in total. The first-order valence-electron chi connectivity index (χ1n) is 5.95. The highest BCUT2D eigenvalue weighted by atomic mass is 32.1. The molecule has 0 bridgehead atoms. The molecule has 20 heavy (non-hydrogen) atoms. The van der Waals surface area contributed by atoms with Gasteiger partial charge in [-0.25, -0.2) is 4.39 Å². The van der Waals surface area contributed by atoms with E-state index in [9.17, 15) is 9.18 Å². The molecule has 0 amide bonds. The number of hydrogen-bond donors (Lipinski definition) is 2. The van der Waals surface area contributed by atoms with Crippen molar-refractivity contribution in [2.24, 2.45) is 0 Å². The van der Waals surface area contributed by atoms with E-state index < -0.39 is 11.8 Å². The second-order valence-corrected chi connectivity index (χ2v) is 5.39. The number of carbonyl (C=O) groups is 1. The van der Waals surface area contributed by atoms with Crippen LogP contribution in [-0.2, 0) is 17.8 Å². The molecular formula is C14H14FNO3S. The Kier molecular flexibility index (Phi) is 4.57. The molecule has 0 saturated carbocycles. The Balaban J connectivity index is 1.98. The third-order valence-electron chi connectivity index (χ3n) is 2.66. The van der Waals surface area contributed by atoms with Crippen LogP contribution in [0.3, 0.4) is 0 Å². The number of carboxylic acid groups (broad SMARTS) is 1. The molecule has 0 aliphatic rings. The average Bonchev–Trinajstić information content (AvgIpc) is 2.84. The highest BCUT2D eigenvalue weighted by Crippen LogP contribution is 2.23. The number of hydrogen-bond acceptors (Lipinski definition) is 4. The minimum atomic E-state index is -0.838. The first-order chi connectivity index (χ1) is 9.58. The number of benzene rings is 1. The van der Waals surface area contributed by atoms with E-state index in [0.29, 0.717) is 6.54 Å². The number of carboxylic acids is 1. The van der Waals surface area contributed by atoms with Gasteiger partial charge in [-0.05, 0) is 24.3 Å². The Morgan fingerprint density at radius 1 is 1.35 bits per heavy atom. The molecule has 0 radical (unpaired) electrons. The summed E-state index contributed by atoms with van der Waals surface area (Å²) in [5, 5.41) is 11.9. The summed E-state index contributed by atoms with van der Waals surface area (Å²) in [6, 6.07) is 8.24. The fourth-order valence-corrected chi connectivity index (χ4v) is 2.67. The van der Waals surface area contributed by atoms with Crippen LogP contribution in [0.5, 0.6) is 5.75 Å². The summed E-state index contributed by atoms with van der Waals surface area (Å²) >= 11 is 1.44. The van der Waals surface area contributed by atoms with Crippen LogP contribution in [0, 0.1) is 5.82 Å². The van der Waals surface area contributed by atoms with Gasteiger partial charge < -0.3 is 15.2 Å². The van der Waals surface area contributed by atoms with Crippen LogP contribution in [0.25, 0.3) is 0 Å². The smallest absolute Gasteiger partial charge is 0.308 e. The molecular weight excluding hydrogens is 281 g/mol. The lowest BCUT2D eigenvalue weighted by Crippen LogP contribution is -1.99. The van der Waals surface area contributed by atoms with Gasteiger partial charge in [-0.15, -0.1) is 11.3 Å². The van der Waals surface area contributed by atoms with Crippen LogP contribution >= 0.6 is 11.3 Å². The first-order valence-corrected chi connectivity index (χ1v) is 6.77. The summed E-state index contributed by atoms with van der Waals surface area (Å²) in [6.07, 6.45) is 0.0367. The van der Waals surface area contributed by atoms with E-state index in [-0.39, 0.29) is 12.2 Å². The lowest BCUT2D eigenvalue weighted by atomic mass is 10.3. The summed E-state index contributed by atoms with van der Waals surface area (Å²) in [5.74, 6) is -1.06. The van der Waals surface area contributed by atoms with E-state index in [2.05, 4.69) is 5.32 Å². The van der Waals surface area contributed by atoms with Gasteiger partial charge in [-0.3, -0.25) is 4.79 Å². The molecule has 0 aliphatic carbocycles. The van der Waals surface area contributed by atoms with E-state index in [1.165, 1.54) is 24.5 Å². The number of thiophene rings is 1. The Morgan fingerprint density at radius 3 is 2.80 bits per heavy atom. The third-order valence-corrected chi connectivity index (χ3v) is 3.75. The van der Waals surface area contributed by atoms with Crippen molar-refractivity contribution in [3.05, 3.63) is 45.9 Å². The summed E-state index contributed by atoms with van der Waals surface area (Å²) in [5.41, 5.74) is 0.747. The van der Waals surface area contributed by atoms with Gasteiger partial charge in [0.05, 0.1) is 13.5 Å². The summed E-state index contributed by atoms with van der Waals surface area (Å²) in [4.78, 5) is 12.4. The zero-order chi connectivity index (χ0) is 14.5. The van der Waals surface area contributed by atoms with E-state index in [1.807, 2.05) is 6.07 Å². The van der Waals surface area contributed by atoms with Gasteiger partial charge in [0.15, 0.2) is 11.6 Å². The maximum atomic E-state index is 13.3. The number of ether oxygens (including phenoxy) is 1. The summed E-state index contributed by atoms with van der Waals surface area (Å²) in [7, 11) is 1.42. The first kappa shape index (κ1) is 14.3. The Morgan fingerprint density at radius 2 is 2.10 bits per heavy atom. The lowest BCUT2D eigenvalue weighted by Gasteiger charge is -2.07. The van der Waals surface area contributed by atoms with E-state index in [4.69, 9.17) is 9.84 Å². The molecule has 0 aliphatic heterocycles. The largest absolute Gasteiger partial charge is 0.494 e. The Labute approximate surface area is 119 Å². The van der Waals surface area contributed by atoms with E-state index in [1.54, 1.807) is 18.2 Å². The zero-order valence-electron chi connectivity index (χ0n) is 10.9. The number of anilines is 1. The van der Waals surface area contributed by atoms with Crippen LogP contribution in [0.1, 0.15) is 9.75 Å². The van der Waals surface area contributed by atoms with Gasteiger partial charge in [0, 0.05) is 28.1 Å². The molecule has 106 valence electrons. The Hall–Kier alpha value is -2.08. The fraction of sp³-hybridized carbons (Fsp3) is 0.214. The van der Waals surface area contributed by atoms with Gasteiger partial charge in [0.25, 0.3) is 0 Å². The number of halogens is 1.